The monoisotopic (exact) mass is 428 g/mol. The minimum atomic E-state index is -0.871. The van der Waals surface area contributed by atoms with Crippen LogP contribution in [0, 0.1) is 0 Å². The topological polar surface area (TPSA) is 96.2 Å². The van der Waals surface area contributed by atoms with Gasteiger partial charge in [0.25, 0.3) is 0 Å². The molecule has 0 atom stereocenters. The smallest absolute Gasteiger partial charge is 0.322 e. The van der Waals surface area contributed by atoms with E-state index in [9.17, 15) is 4.79 Å². The van der Waals surface area contributed by atoms with Crippen LogP contribution in [0.25, 0.3) is 22.3 Å². The van der Waals surface area contributed by atoms with Crippen LogP contribution < -0.4 is 10.2 Å². The van der Waals surface area contributed by atoms with Gasteiger partial charge in [0.1, 0.15) is 6.54 Å². The average molecular weight is 428 g/mol. The molecule has 2 aromatic heterocycles. The lowest BCUT2D eigenvalue weighted by Crippen LogP contribution is -2.34. The number of nitrogens with zero attached hydrogens (tertiary/aromatic N) is 5. The predicted octanol–water partition coefficient (Wildman–Crippen LogP) is 3.83. The molecular weight excluding hydrogens is 404 g/mol. The standard InChI is InChI=1S/C24H24N6O2/c31-24(32)15-25-18-4-3-5-20(12-18)29-10-8-19(9-11-29)30-16-17(13-27-30)23-14-26-21-6-1-2-7-22(21)28-23/h1-7,12-14,16,19,25H,8-11,15H2,(H,31,32). The van der Waals surface area contributed by atoms with Gasteiger partial charge in [-0.05, 0) is 43.2 Å². The van der Waals surface area contributed by atoms with Crippen molar-refractivity contribution in [3.05, 3.63) is 67.1 Å². The Morgan fingerprint density at radius 3 is 2.69 bits per heavy atom. The molecule has 162 valence electrons. The van der Waals surface area contributed by atoms with E-state index in [1.54, 1.807) is 6.20 Å². The van der Waals surface area contributed by atoms with Gasteiger partial charge in [0.2, 0.25) is 0 Å². The SMILES string of the molecule is O=C(O)CNc1cccc(N2CCC(n3cc(-c4cnc5ccccc5n4)cn3)CC2)c1. The van der Waals surface area contributed by atoms with Crippen LogP contribution in [0.4, 0.5) is 11.4 Å². The number of para-hydroxylation sites is 2. The molecule has 1 aliphatic rings. The van der Waals surface area contributed by atoms with Crippen molar-refractivity contribution in [2.75, 3.05) is 29.9 Å². The number of aliphatic carboxylic acids is 1. The molecule has 2 N–H and O–H groups in total. The van der Waals surface area contributed by atoms with Crippen LogP contribution >= 0.6 is 0 Å². The molecule has 0 spiro atoms. The number of carboxylic acids is 1. The number of fused-ring (bicyclic) bond motifs is 1. The van der Waals surface area contributed by atoms with Crippen LogP contribution in [0.15, 0.2) is 67.1 Å². The highest BCUT2D eigenvalue weighted by Gasteiger charge is 2.22. The predicted molar refractivity (Wildman–Crippen MR) is 124 cm³/mol. The maximum Gasteiger partial charge on any atom is 0.322 e. The fourth-order valence-corrected chi connectivity index (χ4v) is 4.15. The summed E-state index contributed by atoms with van der Waals surface area (Å²) >= 11 is 0. The summed E-state index contributed by atoms with van der Waals surface area (Å²) in [6.07, 6.45) is 7.70. The van der Waals surface area contributed by atoms with Crippen LogP contribution in [0.5, 0.6) is 0 Å². The van der Waals surface area contributed by atoms with Crippen LogP contribution in [0.1, 0.15) is 18.9 Å². The van der Waals surface area contributed by atoms with E-state index in [1.165, 1.54) is 0 Å². The summed E-state index contributed by atoms with van der Waals surface area (Å²) in [5.74, 6) is -0.871. The Labute approximate surface area is 185 Å². The van der Waals surface area contributed by atoms with Crippen LogP contribution in [-0.4, -0.2) is 50.5 Å². The summed E-state index contributed by atoms with van der Waals surface area (Å²) in [4.78, 5) is 22.4. The van der Waals surface area contributed by atoms with Gasteiger partial charge >= 0.3 is 5.97 Å². The van der Waals surface area contributed by atoms with Crippen molar-refractivity contribution >= 4 is 28.4 Å². The van der Waals surface area contributed by atoms with Gasteiger partial charge < -0.3 is 15.3 Å². The molecular formula is C24H24N6O2. The molecule has 0 unspecified atom stereocenters. The molecule has 0 aliphatic carbocycles. The lowest BCUT2D eigenvalue weighted by molar-refractivity contribution is -0.134. The molecule has 8 nitrogen and oxygen atoms in total. The number of aromatic nitrogens is 4. The highest BCUT2D eigenvalue weighted by Crippen LogP contribution is 2.29. The first-order valence-corrected chi connectivity index (χ1v) is 10.7. The molecule has 0 saturated carbocycles. The van der Waals surface area contributed by atoms with Crippen molar-refractivity contribution < 1.29 is 9.90 Å². The summed E-state index contributed by atoms with van der Waals surface area (Å²) in [6.45, 7) is 1.74. The van der Waals surface area contributed by atoms with E-state index in [1.807, 2.05) is 53.3 Å². The van der Waals surface area contributed by atoms with E-state index in [-0.39, 0.29) is 6.54 Å². The third kappa shape index (κ3) is 4.25. The van der Waals surface area contributed by atoms with Crippen LogP contribution in [0.3, 0.4) is 0 Å². The Bertz CT molecular complexity index is 1250. The van der Waals surface area contributed by atoms with Crippen LogP contribution in [-0.2, 0) is 4.79 Å². The van der Waals surface area contributed by atoms with Gasteiger partial charge in [0.05, 0.1) is 35.2 Å². The van der Waals surface area contributed by atoms with Crippen molar-refractivity contribution in [3.63, 3.8) is 0 Å². The van der Waals surface area contributed by atoms with Gasteiger partial charge in [0.15, 0.2) is 0 Å². The second kappa shape index (κ2) is 8.66. The molecule has 1 saturated heterocycles. The Hall–Kier alpha value is -3.94. The largest absolute Gasteiger partial charge is 0.480 e. The normalized spacial score (nSPS) is 14.6. The fraction of sp³-hybridized carbons (Fsp3) is 0.250. The second-order valence-corrected chi connectivity index (χ2v) is 7.97. The number of nitrogens with one attached hydrogen (secondary N) is 1. The number of hydrogen-bond acceptors (Lipinski definition) is 6. The molecule has 5 rings (SSSR count). The first kappa shape index (κ1) is 20.0. The van der Waals surface area contributed by atoms with Gasteiger partial charge in [-0.2, -0.15) is 5.10 Å². The van der Waals surface area contributed by atoms with E-state index in [0.717, 1.165) is 59.6 Å². The first-order chi connectivity index (χ1) is 15.7. The van der Waals surface area contributed by atoms with Gasteiger partial charge in [0, 0.05) is 36.2 Å². The molecule has 1 aliphatic heterocycles. The molecule has 3 heterocycles. The van der Waals surface area contributed by atoms with Crippen LogP contribution in [0.2, 0.25) is 0 Å². The summed E-state index contributed by atoms with van der Waals surface area (Å²) < 4.78 is 2.05. The number of carbonyl (C=O) groups is 1. The number of hydrogen-bond donors (Lipinski definition) is 2. The van der Waals surface area contributed by atoms with Crippen molar-refractivity contribution in [2.24, 2.45) is 0 Å². The molecule has 0 radical (unpaired) electrons. The third-order valence-corrected chi connectivity index (χ3v) is 5.84. The van der Waals surface area contributed by atoms with E-state index in [4.69, 9.17) is 10.1 Å². The number of benzene rings is 2. The Balaban J connectivity index is 1.24. The molecule has 32 heavy (non-hydrogen) atoms. The maximum atomic E-state index is 10.8. The molecule has 1 fully saturated rings. The number of piperidine rings is 1. The minimum absolute atomic E-state index is 0.0885. The average Bonchev–Trinajstić information content (AvgIpc) is 3.33. The number of carboxylic acid groups (broad SMARTS) is 1. The second-order valence-electron chi connectivity index (χ2n) is 7.97. The lowest BCUT2D eigenvalue weighted by atomic mass is 10.0. The molecule has 0 amide bonds. The van der Waals surface area contributed by atoms with E-state index < -0.39 is 5.97 Å². The van der Waals surface area contributed by atoms with Gasteiger partial charge in [-0.25, -0.2) is 4.98 Å². The van der Waals surface area contributed by atoms with Gasteiger partial charge in [-0.1, -0.05) is 18.2 Å². The highest BCUT2D eigenvalue weighted by atomic mass is 16.4. The Morgan fingerprint density at radius 2 is 1.88 bits per heavy atom. The summed E-state index contributed by atoms with van der Waals surface area (Å²) in [7, 11) is 0. The Kier molecular flexibility index (Phi) is 5.41. The van der Waals surface area contributed by atoms with E-state index in [2.05, 4.69) is 32.6 Å². The summed E-state index contributed by atoms with van der Waals surface area (Å²) in [5.41, 5.74) is 5.50. The highest BCUT2D eigenvalue weighted by molar-refractivity contribution is 5.76. The zero-order chi connectivity index (χ0) is 21.9. The number of rotatable bonds is 6. The molecule has 0 bridgehead atoms. The van der Waals surface area contributed by atoms with Gasteiger partial charge in [-0.15, -0.1) is 0 Å². The third-order valence-electron chi connectivity index (χ3n) is 5.84. The first-order valence-electron chi connectivity index (χ1n) is 10.7. The van der Waals surface area contributed by atoms with Crippen molar-refractivity contribution in [1.82, 2.24) is 19.7 Å². The maximum absolute atomic E-state index is 10.8. The lowest BCUT2D eigenvalue weighted by Gasteiger charge is -2.34. The van der Waals surface area contributed by atoms with E-state index in [0.29, 0.717) is 6.04 Å². The zero-order valence-corrected chi connectivity index (χ0v) is 17.6. The van der Waals surface area contributed by atoms with Gasteiger partial charge in [-0.3, -0.25) is 14.5 Å². The Morgan fingerprint density at radius 1 is 1.06 bits per heavy atom. The summed E-state index contributed by atoms with van der Waals surface area (Å²) in [5, 5.41) is 16.4. The molecule has 2 aromatic carbocycles. The minimum Gasteiger partial charge on any atom is -0.480 e. The van der Waals surface area contributed by atoms with Crippen molar-refractivity contribution in [3.8, 4) is 11.3 Å². The quantitative estimate of drug-likeness (QED) is 0.482. The van der Waals surface area contributed by atoms with Crippen molar-refractivity contribution in [2.45, 2.75) is 18.9 Å². The van der Waals surface area contributed by atoms with E-state index >= 15 is 0 Å². The molecule has 8 heteroatoms. The summed E-state index contributed by atoms with van der Waals surface area (Å²) in [6, 6.07) is 16.1. The molecule has 4 aromatic rings. The fourth-order valence-electron chi connectivity index (χ4n) is 4.15. The zero-order valence-electron chi connectivity index (χ0n) is 17.6. The number of anilines is 2. The van der Waals surface area contributed by atoms with Crippen molar-refractivity contribution in [1.29, 1.82) is 0 Å².